The molecule has 1 unspecified atom stereocenters. The highest BCUT2D eigenvalue weighted by Gasteiger charge is 2.11. The molecule has 0 aliphatic heterocycles. The third-order valence-electron chi connectivity index (χ3n) is 2.00. The first-order chi connectivity index (χ1) is 7.54. The SMILES string of the molecule is CC(CC(N)=NO)Nc1cccc(F)c1F. The molecular weight excluding hydrogens is 216 g/mol. The lowest BCUT2D eigenvalue weighted by Crippen LogP contribution is -2.24. The lowest BCUT2D eigenvalue weighted by molar-refractivity contribution is 0.316. The van der Waals surface area contributed by atoms with Crippen molar-refractivity contribution in [3.63, 3.8) is 0 Å². The Morgan fingerprint density at radius 1 is 1.56 bits per heavy atom. The maximum absolute atomic E-state index is 13.2. The zero-order valence-corrected chi connectivity index (χ0v) is 8.74. The molecule has 16 heavy (non-hydrogen) atoms. The maximum atomic E-state index is 13.2. The number of anilines is 1. The first-order valence-electron chi connectivity index (χ1n) is 4.71. The molecule has 0 radical (unpaired) electrons. The molecule has 1 aromatic carbocycles. The van der Waals surface area contributed by atoms with Crippen LogP contribution in [0.25, 0.3) is 0 Å². The molecule has 6 heteroatoms. The number of nitrogens with two attached hydrogens (primary N) is 1. The van der Waals surface area contributed by atoms with Gasteiger partial charge in [-0.25, -0.2) is 8.78 Å². The summed E-state index contributed by atoms with van der Waals surface area (Å²) < 4.78 is 26.1. The molecule has 4 nitrogen and oxygen atoms in total. The summed E-state index contributed by atoms with van der Waals surface area (Å²) in [6.07, 6.45) is 0.229. The van der Waals surface area contributed by atoms with Gasteiger partial charge in [-0.2, -0.15) is 0 Å². The molecule has 0 aromatic heterocycles. The van der Waals surface area contributed by atoms with Crippen LogP contribution in [0.1, 0.15) is 13.3 Å². The zero-order valence-electron chi connectivity index (χ0n) is 8.74. The number of amidine groups is 1. The average Bonchev–Trinajstić information content (AvgIpc) is 2.24. The average molecular weight is 229 g/mol. The van der Waals surface area contributed by atoms with Crippen molar-refractivity contribution in [1.29, 1.82) is 0 Å². The van der Waals surface area contributed by atoms with Crippen LogP contribution in [0.4, 0.5) is 14.5 Å². The maximum Gasteiger partial charge on any atom is 0.181 e. The highest BCUT2D eigenvalue weighted by molar-refractivity contribution is 5.80. The lowest BCUT2D eigenvalue weighted by Gasteiger charge is -2.14. The van der Waals surface area contributed by atoms with Gasteiger partial charge < -0.3 is 16.3 Å². The highest BCUT2D eigenvalue weighted by Crippen LogP contribution is 2.17. The van der Waals surface area contributed by atoms with Gasteiger partial charge in [0.15, 0.2) is 11.6 Å². The summed E-state index contributed by atoms with van der Waals surface area (Å²) in [5, 5.41) is 13.9. The minimum atomic E-state index is -0.936. The number of rotatable bonds is 4. The number of hydrogen-bond donors (Lipinski definition) is 3. The third-order valence-corrected chi connectivity index (χ3v) is 2.00. The van der Waals surface area contributed by atoms with Crippen molar-refractivity contribution in [1.82, 2.24) is 0 Å². The van der Waals surface area contributed by atoms with Crippen LogP contribution in [-0.4, -0.2) is 17.1 Å². The van der Waals surface area contributed by atoms with Crippen LogP contribution in [0.5, 0.6) is 0 Å². The van der Waals surface area contributed by atoms with Gasteiger partial charge in [0, 0.05) is 12.5 Å². The number of oxime groups is 1. The molecule has 0 fully saturated rings. The normalized spacial score (nSPS) is 13.6. The zero-order chi connectivity index (χ0) is 12.1. The van der Waals surface area contributed by atoms with Crippen molar-refractivity contribution in [3.05, 3.63) is 29.8 Å². The smallest absolute Gasteiger partial charge is 0.181 e. The predicted octanol–water partition coefficient (Wildman–Crippen LogP) is 1.90. The van der Waals surface area contributed by atoms with Gasteiger partial charge in [-0.15, -0.1) is 0 Å². The van der Waals surface area contributed by atoms with Crippen molar-refractivity contribution >= 4 is 11.5 Å². The molecule has 0 aliphatic carbocycles. The molecule has 0 spiro atoms. The second-order valence-electron chi connectivity index (χ2n) is 3.44. The van der Waals surface area contributed by atoms with Gasteiger partial charge in [0.1, 0.15) is 5.84 Å². The minimum absolute atomic E-state index is 0.0248. The van der Waals surface area contributed by atoms with Gasteiger partial charge in [0.2, 0.25) is 0 Å². The van der Waals surface area contributed by atoms with E-state index in [4.69, 9.17) is 10.9 Å². The molecule has 1 rings (SSSR count). The van der Waals surface area contributed by atoms with Crippen LogP contribution in [0.15, 0.2) is 23.4 Å². The molecule has 0 bridgehead atoms. The largest absolute Gasteiger partial charge is 0.409 e. The Bertz CT molecular complexity index is 396. The van der Waals surface area contributed by atoms with E-state index in [1.54, 1.807) is 6.92 Å². The molecule has 4 N–H and O–H groups in total. The number of nitrogens with one attached hydrogen (secondary N) is 1. The Kier molecular flexibility index (Phi) is 4.04. The van der Waals surface area contributed by atoms with E-state index in [1.807, 2.05) is 0 Å². The van der Waals surface area contributed by atoms with E-state index in [0.717, 1.165) is 6.07 Å². The Hall–Kier alpha value is -1.85. The Labute approximate surface area is 91.8 Å². The number of nitrogens with zero attached hydrogens (tertiary/aromatic N) is 1. The summed E-state index contributed by atoms with van der Waals surface area (Å²) >= 11 is 0. The number of hydrogen-bond acceptors (Lipinski definition) is 3. The molecule has 0 saturated heterocycles. The van der Waals surface area contributed by atoms with E-state index in [-0.39, 0.29) is 24.0 Å². The summed E-state index contributed by atoms with van der Waals surface area (Å²) in [6, 6.07) is 3.58. The van der Waals surface area contributed by atoms with Crippen LogP contribution in [-0.2, 0) is 0 Å². The molecule has 0 aliphatic rings. The summed E-state index contributed by atoms with van der Waals surface area (Å²) in [5.74, 6) is -1.83. The van der Waals surface area contributed by atoms with Crippen molar-refractivity contribution in [2.45, 2.75) is 19.4 Å². The molecular formula is C10H13F2N3O. The van der Waals surface area contributed by atoms with Gasteiger partial charge in [0.25, 0.3) is 0 Å². The molecule has 1 atom stereocenters. The number of benzene rings is 1. The van der Waals surface area contributed by atoms with Crippen LogP contribution in [0, 0.1) is 11.6 Å². The second kappa shape index (κ2) is 5.29. The summed E-state index contributed by atoms with van der Waals surface area (Å²) in [6.45, 7) is 1.71. The van der Waals surface area contributed by atoms with E-state index in [0.29, 0.717) is 0 Å². The summed E-state index contributed by atoms with van der Waals surface area (Å²) in [7, 11) is 0. The van der Waals surface area contributed by atoms with Gasteiger partial charge >= 0.3 is 0 Å². The van der Waals surface area contributed by atoms with Crippen LogP contribution >= 0.6 is 0 Å². The van der Waals surface area contributed by atoms with Crippen molar-refractivity contribution in [2.24, 2.45) is 10.9 Å². The molecule has 1 aromatic rings. The van der Waals surface area contributed by atoms with Crippen LogP contribution in [0.3, 0.4) is 0 Å². The van der Waals surface area contributed by atoms with Gasteiger partial charge in [-0.1, -0.05) is 11.2 Å². The highest BCUT2D eigenvalue weighted by atomic mass is 19.2. The third kappa shape index (κ3) is 3.08. The van der Waals surface area contributed by atoms with Crippen molar-refractivity contribution < 1.29 is 14.0 Å². The van der Waals surface area contributed by atoms with E-state index >= 15 is 0 Å². The second-order valence-corrected chi connectivity index (χ2v) is 3.44. The van der Waals surface area contributed by atoms with Crippen LogP contribution in [0.2, 0.25) is 0 Å². The van der Waals surface area contributed by atoms with Gasteiger partial charge in [0.05, 0.1) is 5.69 Å². The van der Waals surface area contributed by atoms with Crippen molar-refractivity contribution in [3.8, 4) is 0 Å². The first kappa shape index (κ1) is 12.2. The summed E-state index contributed by atoms with van der Waals surface area (Å²) in [5.41, 5.74) is 5.34. The monoisotopic (exact) mass is 229 g/mol. The Morgan fingerprint density at radius 3 is 2.88 bits per heavy atom. The van der Waals surface area contributed by atoms with E-state index in [1.165, 1.54) is 12.1 Å². The molecule has 0 saturated carbocycles. The van der Waals surface area contributed by atoms with Gasteiger partial charge in [-0.05, 0) is 19.1 Å². The van der Waals surface area contributed by atoms with Gasteiger partial charge in [-0.3, -0.25) is 0 Å². The predicted molar refractivity (Wildman–Crippen MR) is 57.5 cm³/mol. The standard InChI is InChI=1S/C10H13F2N3O/c1-6(5-9(13)15-16)14-8-4-2-3-7(11)10(8)12/h2-4,6,14,16H,5H2,1H3,(H2,13,15). The number of halogens is 2. The van der Waals surface area contributed by atoms with Crippen LogP contribution < -0.4 is 11.1 Å². The van der Waals surface area contributed by atoms with E-state index in [9.17, 15) is 8.78 Å². The lowest BCUT2D eigenvalue weighted by atomic mass is 10.2. The molecule has 0 heterocycles. The molecule has 88 valence electrons. The van der Waals surface area contributed by atoms with E-state index in [2.05, 4.69) is 10.5 Å². The topological polar surface area (TPSA) is 70.6 Å². The quantitative estimate of drug-likeness (QED) is 0.319. The molecule has 0 amide bonds. The fourth-order valence-corrected chi connectivity index (χ4v) is 1.29. The van der Waals surface area contributed by atoms with E-state index < -0.39 is 11.6 Å². The summed E-state index contributed by atoms with van der Waals surface area (Å²) in [4.78, 5) is 0. The fraction of sp³-hybridized carbons (Fsp3) is 0.300. The Balaban J connectivity index is 2.70. The van der Waals surface area contributed by atoms with Crippen molar-refractivity contribution in [2.75, 3.05) is 5.32 Å². The first-order valence-corrected chi connectivity index (χ1v) is 4.71. The Morgan fingerprint density at radius 2 is 2.25 bits per heavy atom. The minimum Gasteiger partial charge on any atom is -0.409 e. The fourth-order valence-electron chi connectivity index (χ4n) is 1.29.